The van der Waals surface area contributed by atoms with E-state index in [9.17, 15) is 18.1 Å². The van der Waals surface area contributed by atoms with Gasteiger partial charge in [-0.15, -0.1) is 0 Å². The predicted molar refractivity (Wildman–Crippen MR) is 91.1 cm³/mol. The molecule has 0 saturated carbocycles. The highest BCUT2D eigenvalue weighted by Gasteiger charge is 2.40. The molecule has 2 aromatic heterocycles. The molecule has 3 heterocycles. The number of alkyl halides is 2. The first-order valence-corrected chi connectivity index (χ1v) is 9.22. The summed E-state index contributed by atoms with van der Waals surface area (Å²) in [7, 11) is -1.42. The van der Waals surface area contributed by atoms with E-state index < -0.39 is 29.2 Å². The highest BCUT2D eigenvalue weighted by molar-refractivity contribution is 7.85. The zero-order valence-corrected chi connectivity index (χ0v) is 14.2. The molecular weight excluding hydrogens is 346 g/mol. The van der Waals surface area contributed by atoms with Crippen LogP contribution in [0.1, 0.15) is 34.9 Å². The first-order chi connectivity index (χ1) is 11.9. The summed E-state index contributed by atoms with van der Waals surface area (Å²) in [5, 5.41) is 11.6. The minimum Gasteiger partial charge on any atom is -0.384 e. The van der Waals surface area contributed by atoms with Crippen LogP contribution in [0.25, 0.3) is 11.0 Å². The maximum absolute atomic E-state index is 14.3. The summed E-state index contributed by atoms with van der Waals surface area (Å²) < 4.78 is 40.5. The number of fused-ring (bicyclic) bond motifs is 2. The highest BCUT2D eigenvalue weighted by Crippen LogP contribution is 2.42. The molecular formula is C18H16F2N2O2S. The molecule has 4 rings (SSSR count). The van der Waals surface area contributed by atoms with Gasteiger partial charge in [0.15, 0.2) is 0 Å². The Balaban J connectivity index is 1.85. The number of aliphatic hydroxyl groups excluding tert-OH is 1. The average molecular weight is 362 g/mol. The van der Waals surface area contributed by atoms with Crippen LogP contribution in [-0.2, 0) is 16.7 Å². The Morgan fingerprint density at radius 2 is 2.16 bits per heavy atom. The van der Waals surface area contributed by atoms with Crippen molar-refractivity contribution in [2.75, 3.05) is 5.75 Å². The van der Waals surface area contributed by atoms with Gasteiger partial charge in [-0.05, 0) is 36.8 Å². The number of benzene rings is 1. The molecule has 2 atom stereocenters. The van der Waals surface area contributed by atoms with E-state index in [1.807, 2.05) is 13.0 Å². The van der Waals surface area contributed by atoms with Gasteiger partial charge in [-0.3, -0.25) is 4.21 Å². The molecule has 130 valence electrons. The van der Waals surface area contributed by atoms with Crippen molar-refractivity contribution in [3.63, 3.8) is 0 Å². The number of aryl methyl sites for hydroxylation is 1. The van der Waals surface area contributed by atoms with Gasteiger partial charge in [0.05, 0.1) is 10.8 Å². The summed E-state index contributed by atoms with van der Waals surface area (Å²) in [5.41, 5.74) is 2.09. The third kappa shape index (κ3) is 2.58. The van der Waals surface area contributed by atoms with Crippen LogP contribution in [0.3, 0.4) is 0 Å². The Kier molecular flexibility index (Phi) is 3.73. The number of nitrogens with zero attached hydrogens (tertiary/aromatic N) is 1. The smallest absolute Gasteiger partial charge is 0.275 e. The van der Waals surface area contributed by atoms with Crippen LogP contribution in [0.15, 0.2) is 41.4 Å². The predicted octanol–water partition coefficient (Wildman–Crippen LogP) is 3.56. The lowest BCUT2D eigenvalue weighted by Crippen LogP contribution is -2.25. The molecule has 0 saturated heterocycles. The lowest BCUT2D eigenvalue weighted by atomic mass is 9.95. The van der Waals surface area contributed by atoms with Crippen LogP contribution in [-0.4, -0.2) is 25.0 Å². The van der Waals surface area contributed by atoms with Crippen molar-refractivity contribution in [2.24, 2.45) is 0 Å². The lowest BCUT2D eigenvalue weighted by Gasteiger charge is -2.26. The second-order valence-electron chi connectivity index (χ2n) is 6.23. The summed E-state index contributed by atoms with van der Waals surface area (Å²) in [6.45, 7) is 1.81. The molecule has 3 aromatic rings. The first-order valence-electron chi connectivity index (χ1n) is 7.90. The summed E-state index contributed by atoms with van der Waals surface area (Å²) in [6.07, 6.45) is 0.125. The zero-order chi connectivity index (χ0) is 17.8. The molecule has 4 nitrogen and oxygen atoms in total. The molecule has 0 radical (unpaired) electrons. The van der Waals surface area contributed by atoms with E-state index in [-0.39, 0.29) is 16.2 Å². The van der Waals surface area contributed by atoms with E-state index in [1.165, 1.54) is 12.1 Å². The molecule has 25 heavy (non-hydrogen) atoms. The first kappa shape index (κ1) is 16.4. The molecule has 1 aliphatic rings. The van der Waals surface area contributed by atoms with Crippen LogP contribution in [0, 0.1) is 6.92 Å². The van der Waals surface area contributed by atoms with E-state index in [1.54, 1.807) is 18.3 Å². The molecule has 0 fully saturated rings. The van der Waals surface area contributed by atoms with Gasteiger partial charge in [-0.25, -0.2) is 13.8 Å². The Hall–Kier alpha value is -2.12. The fraction of sp³-hybridized carbons (Fsp3) is 0.278. The molecule has 2 N–H and O–H groups in total. The fourth-order valence-electron chi connectivity index (χ4n) is 3.36. The summed E-state index contributed by atoms with van der Waals surface area (Å²) in [6, 6.07) is 7.88. The minimum atomic E-state index is -3.03. The van der Waals surface area contributed by atoms with Gasteiger partial charge in [0.25, 0.3) is 5.92 Å². The molecule has 1 aliphatic heterocycles. The molecule has 0 bridgehead atoms. The van der Waals surface area contributed by atoms with Crippen LogP contribution >= 0.6 is 0 Å². The van der Waals surface area contributed by atoms with Crippen molar-refractivity contribution in [1.82, 2.24) is 9.97 Å². The Labute approximate surface area is 145 Å². The number of H-pyrrole nitrogens is 1. The van der Waals surface area contributed by atoms with Crippen LogP contribution in [0.5, 0.6) is 0 Å². The molecule has 7 heteroatoms. The molecule has 0 spiro atoms. The number of nitrogens with one attached hydrogen (secondary N) is 1. The molecule has 0 aliphatic carbocycles. The molecule has 1 aromatic carbocycles. The standard InChI is InChI=1S/C18H16F2N2O2S/c1-10-15(12-3-2-7-21-17(12)22-10)16(23)11-4-5-14-13(9-11)18(19,20)6-8-25(14)24/h2-5,7,9,16,23H,6,8H2,1H3,(H,21,22). The normalized spacial score (nSPS) is 20.4. The number of rotatable bonds is 2. The second kappa shape index (κ2) is 5.71. The van der Waals surface area contributed by atoms with Crippen molar-refractivity contribution >= 4 is 21.8 Å². The number of halogens is 2. The number of pyridine rings is 1. The average Bonchev–Trinajstić information content (AvgIpc) is 2.93. The van der Waals surface area contributed by atoms with E-state index >= 15 is 0 Å². The molecule has 2 unspecified atom stereocenters. The third-order valence-electron chi connectivity index (χ3n) is 4.64. The van der Waals surface area contributed by atoms with E-state index in [2.05, 4.69) is 9.97 Å². The van der Waals surface area contributed by atoms with Crippen molar-refractivity contribution < 1.29 is 18.1 Å². The van der Waals surface area contributed by atoms with Crippen LogP contribution < -0.4 is 0 Å². The number of hydrogen-bond donors (Lipinski definition) is 2. The maximum atomic E-state index is 14.3. The van der Waals surface area contributed by atoms with Crippen LogP contribution in [0.2, 0.25) is 0 Å². The SMILES string of the molecule is Cc1[nH]c2ncccc2c1C(O)c1ccc2c(c1)C(F)(F)CCS2=O. The quantitative estimate of drug-likeness (QED) is 0.733. The van der Waals surface area contributed by atoms with E-state index in [0.717, 1.165) is 11.1 Å². The van der Waals surface area contributed by atoms with Gasteiger partial charge in [-0.1, -0.05) is 6.07 Å². The van der Waals surface area contributed by atoms with Crippen molar-refractivity contribution in [1.29, 1.82) is 0 Å². The Morgan fingerprint density at radius 3 is 2.96 bits per heavy atom. The van der Waals surface area contributed by atoms with E-state index in [4.69, 9.17) is 0 Å². The van der Waals surface area contributed by atoms with E-state index in [0.29, 0.717) is 16.8 Å². The lowest BCUT2D eigenvalue weighted by molar-refractivity contribution is -0.0123. The zero-order valence-electron chi connectivity index (χ0n) is 13.4. The fourth-order valence-corrected chi connectivity index (χ4v) is 4.69. The minimum absolute atomic E-state index is 0.0465. The second-order valence-corrected chi connectivity index (χ2v) is 7.76. The largest absolute Gasteiger partial charge is 0.384 e. The van der Waals surface area contributed by atoms with Crippen molar-refractivity contribution in [3.05, 3.63) is 58.9 Å². The third-order valence-corrected chi connectivity index (χ3v) is 6.06. The Morgan fingerprint density at radius 1 is 1.36 bits per heavy atom. The van der Waals surface area contributed by atoms with Gasteiger partial charge in [0.1, 0.15) is 11.8 Å². The van der Waals surface area contributed by atoms with Crippen LogP contribution in [0.4, 0.5) is 8.78 Å². The summed E-state index contributed by atoms with van der Waals surface area (Å²) in [5.74, 6) is -3.08. The number of aromatic nitrogens is 2. The number of aliphatic hydroxyl groups is 1. The van der Waals surface area contributed by atoms with Gasteiger partial charge in [-0.2, -0.15) is 0 Å². The molecule has 0 amide bonds. The highest BCUT2D eigenvalue weighted by atomic mass is 32.2. The van der Waals surface area contributed by atoms with Gasteiger partial charge >= 0.3 is 0 Å². The maximum Gasteiger partial charge on any atom is 0.275 e. The topological polar surface area (TPSA) is 66.0 Å². The Bertz CT molecular complexity index is 1000. The van der Waals surface area contributed by atoms with Crippen molar-refractivity contribution in [3.8, 4) is 0 Å². The van der Waals surface area contributed by atoms with Gasteiger partial charge in [0.2, 0.25) is 0 Å². The summed E-state index contributed by atoms with van der Waals surface area (Å²) in [4.78, 5) is 7.47. The number of hydrogen-bond acceptors (Lipinski definition) is 3. The van der Waals surface area contributed by atoms with Gasteiger partial charge < -0.3 is 10.1 Å². The van der Waals surface area contributed by atoms with Gasteiger partial charge in [0, 0.05) is 45.5 Å². The van der Waals surface area contributed by atoms with Crippen molar-refractivity contribution in [2.45, 2.75) is 30.3 Å². The monoisotopic (exact) mass is 362 g/mol. The number of aromatic amines is 1. The summed E-state index contributed by atoms with van der Waals surface area (Å²) >= 11 is 0.